The summed E-state index contributed by atoms with van der Waals surface area (Å²) in [5, 5.41) is 9.00. The molecule has 5 nitrogen and oxygen atoms in total. The van der Waals surface area contributed by atoms with Crippen LogP contribution in [-0.2, 0) is 14.3 Å². The van der Waals surface area contributed by atoms with E-state index >= 15 is 0 Å². The van der Waals surface area contributed by atoms with Gasteiger partial charge in [-0.25, -0.2) is 0 Å². The van der Waals surface area contributed by atoms with Crippen molar-refractivity contribution in [1.29, 1.82) is 5.26 Å². The largest absolute Gasteiger partial charge is 0.380 e. The lowest BCUT2D eigenvalue weighted by Crippen LogP contribution is -2.43. The minimum absolute atomic E-state index is 0.176. The Morgan fingerprint density at radius 3 is 1.94 bits per heavy atom. The Kier molecular flexibility index (Phi) is 8.34. The zero-order valence-electron chi connectivity index (χ0n) is 11.9. The SMILES string of the molecule is CCOCCN(CCOCC)C(=O)C(C)(C)C#N. The third-order valence-corrected chi connectivity index (χ3v) is 2.52. The first kappa shape index (κ1) is 16.9. The quantitative estimate of drug-likeness (QED) is 0.586. The fourth-order valence-corrected chi connectivity index (χ4v) is 1.40. The number of nitriles is 1. The number of hydrogen-bond acceptors (Lipinski definition) is 4. The Hall–Kier alpha value is -1.12. The highest BCUT2D eigenvalue weighted by molar-refractivity contribution is 5.84. The predicted molar refractivity (Wildman–Crippen MR) is 69.0 cm³/mol. The van der Waals surface area contributed by atoms with E-state index in [9.17, 15) is 4.79 Å². The third kappa shape index (κ3) is 5.99. The maximum atomic E-state index is 12.2. The lowest BCUT2D eigenvalue weighted by Gasteiger charge is -2.27. The van der Waals surface area contributed by atoms with Crippen molar-refractivity contribution >= 4 is 5.91 Å². The average Bonchev–Trinajstić information content (AvgIpc) is 2.36. The van der Waals surface area contributed by atoms with Crippen molar-refractivity contribution in [3.05, 3.63) is 0 Å². The molecule has 0 fully saturated rings. The van der Waals surface area contributed by atoms with Crippen molar-refractivity contribution in [2.75, 3.05) is 39.5 Å². The van der Waals surface area contributed by atoms with Gasteiger partial charge in [0.1, 0.15) is 5.41 Å². The Bertz CT molecular complexity index is 274. The number of carbonyl (C=O) groups is 1. The van der Waals surface area contributed by atoms with Gasteiger partial charge in [-0.3, -0.25) is 4.79 Å². The molecule has 0 N–H and O–H groups in total. The molecule has 104 valence electrons. The van der Waals surface area contributed by atoms with E-state index in [4.69, 9.17) is 14.7 Å². The first-order chi connectivity index (χ1) is 8.49. The van der Waals surface area contributed by atoms with Gasteiger partial charge in [0.2, 0.25) is 5.91 Å². The highest BCUT2D eigenvalue weighted by atomic mass is 16.5. The summed E-state index contributed by atoms with van der Waals surface area (Å²) in [4.78, 5) is 13.8. The zero-order valence-corrected chi connectivity index (χ0v) is 11.9. The normalized spacial score (nSPS) is 11.1. The fourth-order valence-electron chi connectivity index (χ4n) is 1.40. The van der Waals surface area contributed by atoms with Crippen LogP contribution in [0.25, 0.3) is 0 Å². The van der Waals surface area contributed by atoms with E-state index in [1.807, 2.05) is 19.9 Å². The molecule has 0 aliphatic heterocycles. The molecule has 0 heterocycles. The maximum absolute atomic E-state index is 12.2. The summed E-state index contributed by atoms with van der Waals surface area (Å²) in [6.45, 7) is 10.3. The predicted octanol–water partition coefficient (Wildman–Crippen LogP) is 1.44. The van der Waals surface area contributed by atoms with Crippen LogP contribution >= 0.6 is 0 Å². The molecule has 18 heavy (non-hydrogen) atoms. The van der Waals surface area contributed by atoms with E-state index < -0.39 is 5.41 Å². The number of carbonyl (C=O) groups excluding carboxylic acids is 1. The van der Waals surface area contributed by atoms with Gasteiger partial charge in [0, 0.05) is 26.3 Å². The highest BCUT2D eigenvalue weighted by Crippen LogP contribution is 2.17. The van der Waals surface area contributed by atoms with Crippen molar-refractivity contribution in [3.63, 3.8) is 0 Å². The van der Waals surface area contributed by atoms with Crippen molar-refractivity contribution < 1.29 is 14.3 Å². The van der Waals surface area contributed by atoms with Gasteiger partial charge in [-0.2, -0.15) is 5.26 Å². The van der Waals surface area contributed by atoms with Crippen LogP contribution in [0.2, 0.25) is 0 Å². The van der Waals surface area contributed by atoms with Gasteiger partial charge in [-0.1, -0.05) is 0 Å². The summed E-state index contributed by atoms with van der Waals surface area (Å²) in [7, 11) is 0. The van der Waals surface area contributed by atoms with Crippen molar-refractivity contribution in [2.24, 2.45) is 5.41 Å². The molecule has 0 spiro atoms. The molecule has 0 unspecified atom stereocenters. The molecular formula is C13H24N2O3. The molecule has 0 bridgehead atoms. The Morgan fingerprint density at radius 2 is 1.61 bits per heavy atom. The molecule has 0 rings (SSSR count). The molecule has 5 heteroatoms. The molecule has 0 aromatic heterocycles. The number of ether oxygens (including phenoxy) is 2. The number of rotatable bonds is 9. The van der Waals surface area contributed by atoms with E-state index in [1.54, 1.807) is 18.7 Å². The monoisotopic (exact) mass is 256 g/mol. The van der Waals surface area contributed by atoms with Crippen LogP contribution in [0.4, 0.5) is 0 Å². The van der Waals surface area contributed by atoms with E-state index in [0.29, 0.717) is 39.5 Å². The number of hydrogen-bond donors (Lipinski definition) is 0. The van der Waals surface area contributed by atoms with Crippen LogP contribution in [-0.4, -0.2) is 50.3 Å². The van der Waals surface area contributed by atoms with Crippen molar-refractivity contribution in [2.45, 2.75) is 27.7 Å². The van der Waals surface area contributed by atoms with Crippen LogP contribution in [0.1, 0.15) is 27.7 Å². The smallest absolute Gasteiger partial charge is 0.242 e. The van der Waals surface area contributed by atoms with E-state index in [-0.39, 0.29) is 5.91 Å². The van der Waals surface area contributed by atoms with Gasteiger partial charge in [0.15, 0.2) is 0 Å². The van der Waals surface area contributed by atoms with Gasteiger partial charge in [-0.15, -0.1) is 0 Å². The van der Waals surface area contributed by atoms with Crippen LogP contribution in [0, 0.1) is 16.7 Å². The van der Waals surface area contributed by atoms with Crippen LogP contribution < -0.4 is 0 Å². The van der Waals surface area contributed by atoms with Crippen LogP contribution in [0.5, 0.6) is 0 Å². The zero-order chi connectivity index (χ0) is 14.0. The average molecular weight is 256 g/mol. The van der Waals surface area contributed by atoms with Gasteiger partial charge in [-0.05, 0) is 27.7 Å². The Balaban J connectivity index is 4.44. The maximum Gasteiger partial charge on any atom is 0.242 e. The molecule has 0 aliphatic carbocycles. The lowest BCUT2D eigenvalue weighted by molar-refractivity contribution is -0.139. The molecule has 0 atom stereocenters. The van der Waals surface area contributed by atoms with Crippen LogP contribution in [0.15, 0.2) is 0 Å². The molecular weight excluding hydrogens is 232 g/mol. The minimum atomic E-state index is -1.00. The third-order valence-electron chi connectivity index (χ3n) is 2.52. The summed E-state index contributed by atoms with van der Waals surface area (Å²) in [6.07, 6.45) is 0. The Labute approximate surface area is 110 Å². The van der Waals surface area contributed by atoms with E-state index in [1.165, 1.54) is 0 Å². The second kappa shape index (κ2) is 8.90. The second-order valence-corrected chi connectivity index (χ2v) is 4.42. The summed E-state index contributed by atoms with van der Waals surface area (Å²) >= 11 is 0. The summed E-state index contributed by atoms with van der Waals surface area (Å²) in [5.41, 5.74) is -1.00. The summed E-state index contributed by atoms with van der Waals surface area (Å²) < 4.78 is 10.5. The topological polar surface area (TPSA) is 62.6 Å². The van der Waals surface area contributed by atoms with Gasteiger partial charge in [0.25, 0.3) is 0 Å². The number of amides is 1. The van der Waals surface area contributed by atoms with Crippen molar-refractivity contribution in [3.8, 4) is 6.07 Å². The molecule has 0 aromatic carbocycles. The van der Waals surface area contributed by atoms with Crippen molar-refractivity contribution in [1.82, 2.24) is 4.90 Å². The van der Waals surface area contributed by atoms with E-state index in [0.717, 1.165) is 0 Å². The van der Waals surface area contributed by atoms with Gasteiger partial charge < -0.3 is 14.4 Å². The lowest BCUT2D eigenvalue weighted by atomic mass is 9.94. The summed E-state index contributed by atoms with van der Waals surface area (Å²) in [6, 6.07) is 2.03. The van der Waals surface area contributed by atoms with Crippen LogP contribution in [0.3, 0.4) is 0 Å². The summed E-state index contributed by atoms with van der Waals surface area (Å²) in [5.74, 6) is -0.176. The second-order valence-electron chi connectivity index (χ2n) is 4.42. The highest BCUT2D eigenvalue weighted by Gasteiger charge is 2.31. The first-order valence-electron chi connectivity index (χ1n) is 6.35. The minimum Gasteiger partial charge on any atom is -0.380 e. The number of nitrogens with zero attached hydrogens (tertiary/aromatic N) is 2. The first-order valence-corrected chi connectivity index (χ1v) is 6.35. The van der Waals surface area contributed by atoms with Gasteiger partial charge in [0.05, 0.1) is 19.3 Å². The van der Waals surface area contributed by atoms with E-state index in [2.05, 4.69) is 0 Å². The molecule has 0 saturated carbocycles. The van der Waals surface area contributed by atoms with Gasteiger partial charge >= 0.3 is 0 Å². The fraction of sp³-hybridized carbons (Fsp3) is 0.846. The molecule has 0 aliphatic rings. The Morgan fingerprint density at radius 1 is 1.17 bits per heavy atom. The molecule has 0 radical (unpaired) electrons. The molecule has 0 aromatic rings. The molecule has 1 amide bonds. The standard InChI is InChI=1S/C13H24N2O3/c1-5-17-9-7-15(8-10-18-6-2)12(16)13(3,4)11-14/h5-10H2,1-4H3. The molecule has 0 saturated heterocycles.